The first-order chi connectivity index (χ1) is 13.2. The van der Waals surface area contributed by atoms with Crippen LogP contribution >= 0.6 is 0 Å². The molecule has 0 bridgehead atoms. The summed E-state index contributed by atoms with van der Waals surface area (Å²) in [5.41, 5.74) is 1.91. The highest BCUT2D eigenvalue weighted by molar-refractivity contribution is 5.42. The highest BCUT2D eigenvalue weighted by atomic mass is 19.4. The maximum absolute atomic E-state index is 13.6. The van der Waals surface area contributed by atoms with Gasteiger partial charge in [-0.1, -0.05) is 54.1 Å². The maximum Gasteiger partial charge on any atom is 0.417 e. The molecule has 2 aliphatic carbocycles. The van der Waals surface area contributed by atoms with Gasteiger partial charge >= 0.3 is 6.18 Å². The molecule has 3 atom stereocenters. The van der Waals surface area contributed by atoms with E-state index in [-0.39, 0.29) is 24.2 Å². The van der Waals surface area contributed by atoms with Gasteiger partial charge in [0.2, 0.25) is 0 Å². The highest BCUT2D eigenvalue weighted by Gasteiger charge is 2.60. The molecule has 150 valence electrons. The predicted octanol–water partition coefficient (Wildman–Crippen LogP) is 5.91. The molecule has 1 N–H and O–H groups in total. The Bertz CT molecular complexity index is 845. The van der Waals surface area contributed by atoms with Crippen LogP contribution in [0.15, 0.2) is 48.5 Å². The van der Waals surface area contributed by atoms with E-state index in [1.165, 1.54) is 16.7 Å². The number of rotatable bonds is 2. The highest BCUT2D eigenvalue weighted by Crippen LogP contribution is 2.56. The molecule has 0 heterocycles. The lowest BCUT2D eigenvalue weighted by molar-refractivity contribution is -0.279. The lowest BCUT2D eigenvalue weighted by Gasteiger charge is -2.50. The van der Waals surface area contributed by atoms with Crippen molar-refractivity contribution in [3.05, 3.63) is 70.8 Å². The van der Waals surface area contributed by atoms with Crippen molar-refractivity contribution in [1.82, 2.24) is 0 Å². The first-order valence-corrected chi connectivity index (χ1v) is 10.2. The normalized spacial score (nSPS) is 30.2. The minimum Gasteiger partial charge on any atom is -0.380 e. The van der Waals surface area contributed by atoms with Crippen molar-refractivity contribution in [2.45, 2.75) is 69.1 Å². The molecule has 0 radical (unpaired) electrons. The van der Waals surface area contributed by atoms with Gasteiger partial charge in [0.1, 0.15) is 0 Å². The fourth-order valence-electron chi connectivity index (χ4n) is 5.57. The van der Waals surface area contributed by atoms with E-state index >= 15 is 0 Å². The van der Waals surface area contributed by atoms with E-state index in [1.54, 1.807) is 0 Å². The summed E-state index contributed by atoms with van der Waals surface area (Å²) in [5, 5.41) is 10.5. The molecule has 2 aliphatic rings. The van der Waals surface area contributed by atoms with E-state index in [1.807, 2.05) is 18.2 Å². The van der Waals surface area contributed by atoms with Crippen molar-refractivity contribution in [2.24, 2.45) is 5.92 Å². The summed E-state index contributed by atoms with van der Waals surface area (Å²) in [6.07, 6.45) is -1.43. The largest absolute Gasteiger partial charge is 0.417 e. The molecule has 0 unspecified atom stereocenters. The Morgan fingerprint density at radius 2 is 1.82 bits per heavy atom. The Balaban J connectivity index is 1.82. The van der Waals surface area contributed by atoms with E-state index in [9.17, 15) is 18.3 Å². The zero-order valence-electron chi connectivity index (χ0n) is 16.2. The van der Waals surface area contributed by atoms with E-state index in [0.717, 1.165) is 31.2 Å². The van der Waals surface area contributed by atoms with Crippen LogP contribution in [0.4, 0.5) is 13.2 Å². The van der Waals surface area contributed by atoms with Gasteiger partial charge in [-0.05, 0) is 74.5 Å². The van der Waals surface area contributed by atoms with Gasteiger partial charge in [0.15, 0.2) is 5.60 Å². The predicted molar refractivity (Wildman–Crippen MR) is 104 cm³/mol. The van der Waals surface area contributed by atoms with Crippen LogP contribution in [-0.4, -0.2) is 16.9 Å². The molecule has 0 saturated heterocycles. The minimum absolute atomic E-state index is 0.183. The zero-order chi connectivity index (χ0) is 20.0. The molecule has 0 aromatic heterocycles. The lowest BCUT2D eigenvalue weighted by Crippen LogP contribution is -2.55. The van der Waals surface area contributed by atoms with Gasteiger partial charge in [-0.3, -0.25) is 0 Å². The molecular formula is C24H27F3O. The van der Waals surface area contributed by atoms with Crippen molar-refractivity contribution >= 4 is 0 Å². The molecular weight excluding hydrogens is 361 g/mol. The number of aryl methyl sites for hydroxylation is 2. The fraction of sp³-hybridized carbons (Fsp3) is 0.500. The van der Waals surface area contributed by atoms with Gasteiger partial charge in [-0.15, -0.1) is 0 Å². The van der Waals surface area contributed by atoms with Crippen LogP contribution in [0, 0.1) is 12.8 Å². The van der Waals surface area contributed by atoms with E-state index < -0.39 is 11.8 Å². The maximum atomic E-state index is 13.6. The summed E-state index contributed by atoms with van der Waals surface area (Å²) < 4.78 is 40.9. The van der Waals surface area contributed by atoms with Gasteiger partial charge in [-0.2, -0.15) is 13.2 Å². The molecule has 1 saturated carbocycles. The molecule has 28 heavy (non-hydrogen) atoms. The number of hydrogen-bond donors (Lipinski definition) is 1. The molecule has 2 aromatic rings. The van der Waals surface area contributed by atoms with Gasteiger partial charge in [0, 0.05) is 5.41 Å². The van der Waals surface area contributed by atoms with Gasteiger partial charge in [0.25, 0.3) is 0 Å². The average molecular weight is 388 g/mol. The number of halogens is 3. The number of benzene rings is 2. The molecule has 0 amide bonds. The van der Waals surface area contributed by atoms with Crippen LogP contribution in [0.25, 0.3) is 0 Å². The SMILES string of the molecule is Cc1ccc2c(c1)CCC[C@H]1C[C@](O)(C(F)(F)F)CC[C@]21Cc1ccccc1. The van der Waals surface area contributed by atoms with Crippen molar-refractivity contribution in [3.8, 4) is 0 Å². The number of hydrogen-bond acceptors (Lipinski definition) is 1. The third-order valence-corrected chi connectivity index (χ3v) is 7.04. The first-order valence-electron chi connectivity index (χ1n) is 10.2. The Morgan fingerprint density at radius 3 is 2.54 bits per heavy atom. The Morgan fingerprint density at radius 1 is 1.07 bits per heavy atom. The minimum atomic E-state index is -4.58. The van der Waals surface area contributed by atoms with Crippen molar-refractivity contribution in [3.63, 3.8) is 0 Å². The molecule has 0 spiro atoms. The van der Waals surface area contributed by atoms with Crippen LogP contribution in [-0.2, 0) is 18.3 Å². The van der Waals surface area contributed by atoms with Crippen LogP contribution in [0.5, 0.6) is 0 Å². The van der Waals surface area contributed by atoms with Crippen LogP contribution in [0.1, 0.15) is 54.4 Å². The van der Waals surface area contributed by atoms with E-state index in [4.69, 9.17) is 0 Å². The second-order valence-electron chi connectivity index (χ2n) is 8.80. The van der Waals surface area contributed by atoms with Crippen LogP contribution in [0.3, 0.4) is 0 Å². The second-order valence-corrected chi connectivity index (χ2v) is 8.80. The van der Waals surface area contributed by atoms with Crippen molar-refractivity contribution in [2.75, 3.05) is 0 Å². The molecule has 4 rings (SSSR count). The second kappa shape index (κ2) is 6.91. The average Bonchev–Trinajstić information content (AvgIpc) is 2.78. The third-order valence-electron chi connectivity index (χ3n) is 7.04. The fourth-order valence-corrected chi connectivity index (χ4v) is 5.57. The van der Waals surface area contributed by atoms with E-state index in [2.05, 4.69) is 37.3 Å². The quantitative estimate of drug-likeness (QED) is 0.679. The Labute approximate surface area is 164 Å². The van der Waals surface area contributed by atoms with Crippen LogP contribution in [0.2, 0.25) is 0 Å². The molecule has 0 aliphatic heterocycles. The number of alkyl halides is 3. The summed E-state index contributed by atoms with van der Waals surface area (Å²) >= 11 is 0. The smallest absolute Gasteiger partial charge is 0.380 e. The number of aliphatic hydroxyl groups is 1. The first kappa shape index (κ1) is 19.5. The van der Waals surface area contributed by atoms with Crippen molar-refractivity contribution < 1.29 is 18.3 Å². The summed E-state index contributed by atoms with van der Waals surface area (Å²) in [5.74, 6) is -0.183. The number of fused-ring (bicyclic) bond motifs is 3. The molecule has 1 fully saturated rings. The monoisotopic (exact) mass is 388 g/mol. The topological polar surface area (TPSA) is 20.2 Å². The third kappa shape index (κ3) is 3.26. The standard InChI is InChI=1S/C24H27F3O/c1-17-10-11-21-19(14-17)8-5-9-20-16-23(28,24(25,26)27)13-12-22(20,21)15-18-6-3-2-4-7-18/h2-4,6-7,10-11,14,20,28H,5,8-9,12-13,15-16H2,1H3/t20-,22+,23-/m0/s1. The van der Waals surface area contributed by atoms with Gasteiger partial charge in [0.05, 0.1) is 0 Å². The van der Waals surface area contributed by atoms with E-state index in [0.29, 0.717) is 6.42 Å². The molecule has 4 heteroatoms. The zero-order valence-corrected chi connectivity index (χ0v) is 16.2. The Kier molecular flexibility index (Phi) is 4.81. The summed E-state index contributed by atoms with van der Waals surface area (Å²) in [7, 11) is 0. The van der Waals surface area contributed by atoms with Gasteiger partial charge < -0.3 is 5.11 Å². The summed E-state index contributed by atoms with van der Waals surface area (Å²) in [6, 6.07) is 16.5. The lowest BCUT2D eigenvalue weighted by atomic mass is 9.56. The van der Waals surface area contributed by atoms with Crippen molar-refractivity contribution in [1.29, 1.82) is 0 Å². The van der Waals surface area contributed by atoms with Gasteiger partial charge in [-0.25, -0.2) is 0 Å². The van der Waals surface area contributed by atoms with Crippen LogP contribution < -0.4 is 0 Å². The Hall–Kier alpha value is -1.81. The molecule has 1 nitrogen and oxygen atoms in total. The summed E-state index contributed by atoms with van der Waals surface area (Å²) in [4.78, 5) is 0. The summed E-state index contributed by atoms with van der Waals surface area (Å²) in [6.45, 7) is 2.07. The molecule has 2 aromatic carbocycles.